The van der Waals surface area contributed by atoms with E-state index in [9.17, 15) is 14.0 Å². The Hall–Kier alpha value is -3.27. The lowest BCUT2D eigenvalue weighted by Gasteiger charge is -2.24. The standard InChI is InChI=1S/C20H21ClFN7O2/c1-23-18-13-9-27-29(19(13)26-11-25-18)10-16(30)28-7-3-6-15(28)20(31)24-8-12-4-2-5-14(21)17(12)22/h2,4-5,9,11,15H,3,6-8,10H2,1H3,(H,24,31)(H,23,25,26). The number of likely N-dealkylation sites (tertiary alicyclic amines) is 1. The third kappa shape index (κ3) is 4.15. The number of carbonyl (C=O) groups excluding carboxylic acids is 2. The summed E-state index contributed by atoms with van der Waals surface area (Å²) in [4.78, 5) is 35.5. The van der Waals surface area contributed by atoms with Crippen molar-refractivity contribution in [3.05, 3.63) is 47.1 Å². The van der Waals surface area contributed by atoms with E-state index < -0.39 is 11.9 Å². The number of rotatable bonds is 6. The van der Waals surface area contributed by atoms with Crippen LogP contribution >= 0.6 is 11.6 Å². The molecule has 4 rings (SSSR count). The van der Waals surface area contributed by atoms with Crippen LogP contribution in [-0.2, 0) is 22.7 Å². The molecule has 1 unspecified atom stereocenters. The summed E-state index contributed by atoms with van der Waals surface area (Å²) >= 11 is 5.79. The number of anilines is 1. The Morgan fingerprint density at radius 1 is 1.32 bits per heavy atom. The van der Waals surface area contributed by atoms with Crippen LogP contribution in [0.15, 0.2) is 30.7 Å². The molecule has 2 N–H and O–H groups in total. The highest BCUT2D eigenvalue weighted by Crippen LogP contribution is 2.22. The number of fused-ring (bicyclic) bond motifs is 1. The molecule has 1 aliphatic rings. The molecule has 0 spiro atoms. The minimum atomic E-state index is -0.612. The maximum absolute atomic E-state index is 14.1. The van der Waals surface area contributed by atoms with Crippen LogP contribution in [0, 0.1) is 5.82 Å². The van der Waals surface area contributed by atoms with Gasteiger partial charge in [0.15, 0.2) is 5.65 Å². The van der Waals surface area contributed by atoms with Crippen LogP contribution in [0.5, 0.6) is 0 Å². The third-order valence-corrected chi connectivity index (χ3v) is 5.61. The van der Waals surface area contributed by atoms with Gasteiger partial charge in [-0.15, -0.1) is 0 Å². The van der Waals surface area contributed by atoms with Gasteiger partial charge in [-0.1, -0.05) is 23.7 Å². The molecule has 31 heavy (non-hydrogen) atoms. The fraction of sp³-hybridized carbons (Fsp3) is 0.350. The van der Waals surface area contributed by atoms with E-state index in [1.807, 2.05) is 0 Å². The van der Waals surface area contributed by atoms with Crippen molar-refractivity contribution in [3.8, 4) is 0 Å². The largest absolute Gasteiger partial charge is 0.372 e. The fourth-order valence-corrected chi connectivity index (χ4v) is 3.94. The zero-order chi connectivity index (χ0) is 22.0. The summed E-state index contributed by atoms with van der Waals surface area (Å²) in [7, 11) is 1.74. The normalized spacial score (nSPS) is 16.0. The molecule has 3 heterocycles. The van der Waals surface area contributed by atoms with Crippen molar-refractivity contribution in [2.24, 2.45) is 0 Å². The van der Waals surface area contributed by atoms with Gasteiger partial charge in [0.05, 0.1) is 16.6 Å². The van der Waals surface area contributed by atoms with Gasteiger partial charge >= 0.3 is 0 Å². The number of benzene rings is 1. The van der Waals surface area contributed by atoms with Gasteiger partial charge in [-0.25, -0.2) is 19.0 Å². The Balaban J connectivity index is 1.44. The molecule has 0 radical (unpaired) electrons. The Bertz CT molecular complexity index is 1140. The van der Waals surface area contributed by atoms with Crippen molar-refractivity contribution in [1.82, 2.24) is 30.0 Å². The van der Waals surface area contributed by atoms with Gasteiger partial charge in [0.1, 0.15) is 30.5 Å². The van der Waals surface area contributed by atoms with E-state index >= 15 is 0 Å². The number of nitrogens with one attached hydrogen (secondary N) is 2. The first-order chi connectivity index (χ1) is 15.0. The van der Waals surface area contributed by atoms with E-state index in [4.69, 9.17) is 11.6 Å². The van der Waals surface area contributed by atoms with Crippen molar-refractivity contribution in [2.45, 2.75) is 32.0 Å². The SMILES string of the molecule is CNc1ncnc2c1cnn2CC(=O)N1CCCC1C(=O)NCc1cccc(Cl)c1F. The van der Waals surface area contributed by atoms with Crippen molar-refractivity contribution in [3.63, 3.8) is 0 Å². The molecule has 1 atom stereocenters. The third-order valence-electron chi connectivity index (χ3n) is 5.32. The molecule has 0 bridgehead atoms. The van der Waals surface area contributed by atoms with Gasteiger partial charge < -0.3 is 15.5 Å². The number of hydrogen-bond acceptors (Lipinski definition) is 6. The second-order valence-corrected chi connectivity index (χ2v) is 7.59. The summed E-state index contributed by atoms with van der Waals surface area (Å²) in [6.07, 6.45) is 4.25. The molecule has 2 aromatic heterocycles. The van der Waals surface area contributed by atoms with Gasteiger partial charge in [0.2, 0.25) is 11.8 Å². The van der Waals surface area contributed by atoms with Gasteiger partial charge in [-0.3, -0.25) is 9.59 Å². The van der Waals surface area contributed by atoms with E-state index in [1.54, 1.807) is 25.4 Å². The van der Waals surface area contributed by atoms with Crippen molar-refractivity contribution < 1.29 is 14.0 Å². The molecule has 2 amide bonds. The maximum atomic E-state index is 14.1. The number of hydrogen-bond donors (Lipinski definition) is 2. The van der Waals surface area contributed by atoms with Crippen LogP contribution in [0.3, 0.4) is 0 Å². The van der Waals surface area contributed by atoms with Crippen LogP contribution < -0.4 is 10.6 Å². The number of nitrogens with zero attached hydrogens (tertiary/aromatic N) is 5. The molecule has 0 aliphatic carbocycles. The van der Waals surface area contributed by atoms with Crippen LogP contribution in [-0.4, -0.2) is 56.1 Å². The highest BCUT2D eigenvalue weighted by Gasteiger charge is 2.34. The van der Waals surface area contributed by atoms with E-state index in [0.29, 0.717) is 41.8 Å². The molecule has 1 saturated heterocycles. The summed E-state index contributed by atoms with van der Waals surface area (Å²) < 4.78 is 15.6. The first-order valence-electron chi connectivity index (χ1n) is 9.84. The van der Waals surface area contributed by atoms with Crippen molar-refractivity contribution in [2.75, 3.05) is 18.9 Å². The van der Waals surface area contributed by atoms with E-state index in [2.05, 4.69) is 25.7 Å². The predicted octanol–water partition coefficient (Wildman–Crippen LogP) is 1.97. The molecule has 1 aromatic carbocycles. The Labute approximate surface area is 182 Å². The summed E-state index contributed by atoms with van der Waals surface area (Å²) in [5, 5.41) is 10.6. The first-order valence-corrected chi connectivity index (χ1v) is 10.2. The molecule has 0 saturated carbocycles. The molecule has 1 aliphatic heterocycles. The minimum Gasteiger partial charge on any atom is -0.372 e. The Kier molecular flexibility index (Phi) is 5.99. The lowest BCUT2D eigenvalue weighted by molar-refractivity contribution is -0.139. The van der Waals surface area contributed by atoms with Crippen LogP contribution in [0.1, 0.15) is 18.4 Å². The van der Waals surface area contributed by atoms with Gasteiger partial charge in [0, 0.05) is 25.7 Å². The maximum Gasteiger partial charge on any atom is 0.245 e. The smallest absolute Gasteiger partial charge is 0.245 e. The summed E-state index contributed by atoms with van der Waals surface area (Å²) in [5.74, 6) is -0.496. The van der Waals surface area contributed by atoms with Gasteiger partial charge in [-0.2, -0.15) is 5.10 Å². The second kappa shape index (κ2) is 8.84. The lowest BCUT2D eigenvalue weighted by Crippen LogP contribution is -2.46. The van der Waals surface area contributed by atoms with Crippen LogP contribution in [0.25, 0.3) is 11.0 Å². The Morgan fingerprint density at radius 3 is 2.97 bits per heavy atom. The second-order valence-electron chi connectivity index (χ2n) is 7.19. The summed E-state index contributed by atoms with van der Waals surface area (Å²) in [6, 6.07) is 4.01. The Morgan fingerprint density at radius 2 is 2.16 bits per heavy atom. The predicted molar refractivity (Wildman–Crippen MR) is 113 cm³/mol. The lowest BCUT2D eigenvalue weighted by atomic mass is 10.1. The van der Waals surface area contributed by atoms with E-state index in [-0.39, 0.29) is 29.9 Å². The molecule has 9 nitrogen and oxygen atoms in total. The average Bonchev–Trinajstić information content (AvgIpc) is 3.42. The summed E-state index contributed by atoms with van der Waals surface area (Å²) in [6.45, 7) is 0.423. The number of carbonyl (C=O) groups is 2. The van der Waals surface area contributed by atoms with Crippen LogP contribution in [0.4, 0.5) is 10.2 Å². The quantitative estimate of drug-likeness (QED) is 0.601. The average molecular weight is 446 g/mol. The highest BCUT2D eigenvalue weighted by atomic mass is 35.5. The molecular weight excluding hydrogens is 425 g/mol. The molecule has 1 fully saturated rings. The topological polar surface area (TPSA) is 105 Å². The molecule has 162 valence electrons. The van der Waals surface area contributed by atoms with Crippen LogP contribution in [0.2, 0.25) is 5.02 Å². The number of halogens is 2. The molecular formula is C20H21ClFN7O2. The molecule has 3 aromatic rings. The monoisotopic (exact) mass is 445 g/mol. The molecule has 11 heteroatoms. The minimum absolute atomic E-state index is 0.00103. The van der Waals surface area contributed by atoms with Gasteiger partial charge in [-0.05, 0) is 18.9 Å². The number of amides is 2. The van der Waals surface area contributed by atoms with Crippen molar-refractivity contribution >= 4 is 40.3 Å². The van der Waals surface area contributed by atoms with Crippen molar-refractivity contribution in [1.29, 1.82) is 0 Å². The fourth-order valence-electron chi connectivity index (χ4n) is 3.75. The zero-order valence-corrected chi connectivity index (χ0v) is 17.6. The highest BCUT2D eigenvalue weighted by molar-refractivity contribution is 6.30. The zero-order valence-electron chi connectivity index (χ0n) is 16.8. The number of aromatic nitrogens is 4. The summed E-state index contributed by atoms with van der Waals surface area (Å²) in [5.41, 5.74) is 0.823. The van der Waals surface area contributed by atoms with E-state index in [1.165, 1.54) is 22.0 Å². The first kappa shape index (κ1) is 21.0. The van der Waals surface area contributed by atoms with E-state index in [0.717, 1.165) is 0 Å². The van der Waals surface area contributed by atoms with Gasteiger partial charge in [0.25, 0.3) is 0 Å².